The summed E-state index contributed by atoms with van der Waals surface area (Å²) in [6.45, 7) is -0.158. The van der Waals surface area contributed by atoms with E-state index < -0.39 is 6.17 Å². The number of nitrogens with two attached hydrogens (primary N) is 1. The average Bonchev–Trinajstić information content (AvgIpc) is 2.53. The van der Waals surface area contributed by atoms with Crippen LogP contribution in [0.25, 0.3) is 0 Å². The molecule has 1 aliphatic heterocycles. The van der Waals surface area contributed by atoms with Crippen molar-refractivity contribution in [3.63, 3.8) is 0 Å². The molecular weight excluding hydrogens is 208 g/mol. The molecule has 1 aliphatic rings. The Morgan fingerprint density at radius 2 is 1.69 bits per heavy atom. The van der Waals surface area contributed by atoms with Gasteiger partial charge >= 0.3 is 0 Å². The Kier molecular flexibility index (Phi) is 2.72. The normalized spacial score (nSPS) is 16.5. The number of aliphatic hydroxyl groups excluding tert-OH is 1. The summed E-state index contributed by atoms with van der Waals surface area (Å²) in [5.74, 6) is -0.775. The van der Waals surface area contributed by atoms with Crippen LogP contribution in [0, 0.1) is 0 Å². The number of carbonyl (C=O) groups is 2. The van der Waals surface area contributed by atoms with Crippen LogP contribution >= 0.6 is 0 Å². The molecule has 3 N–H and O–H groups in total. The molecule has 0 aromatic heterocycles. The summed E-state index contributed by atoms with van der Waals surface area (Å²) in [6.07, 6.45) is -0.580. The Bertz CT molecular complexity index is 410. The molecule has 0 saturated heterocycles. The quantitative estimate of drug-likeness (QED) is 0.699. The number of imide groups is 1. The molecule has 0 radical (unpaired) electrons. The van der Waals surface area contributed by atoms with Crippen LogP contribution < -0.4 is 5.73 Å². The molecule has 0 saturated carbocycles. The van der Waals surface area contributed by atoms with Crippen molar-refractivity contribution in [2.75, 3.05) is 6.61 Å². The van der Waals surface area contributed by atoms with Gasteiger partial charge in [0.1, 0.15) is 0 Å². The van der Waals surface area contributed by atoms with Crippen LogP contribution in [0.5, 0.6) is 0 Å². The van der Waals surface area contributed by atoms with Crippen molar-refractivity contribution in [2.45, 2.75) is 12.6 Å². The van der Waals surface area contributed by atoms with E-state index in [1.54, 1.807) is 24.3 Å². The van der Waals surface area contributed by atoms with E-state index in [1.165, 1.54) is 0 Å². The van der Waals surface area contributed by atoms with E-state index in [0.717, 1.165) is 4.90 Å². The van der Waals surface area contributed by atoms with Gasteiger partial charge in [0.25, 0.3) is 11.8 Å². The number of aliphatic hydroxyl groups is 1. The minimum atomic E-state index is -0.766. The van der Waals surface area contributed by atoms with E-state index in [2.05, 4.69) is 0 Å². The minimum Gasteiger partial charge on any atom is -0.396 e. The summed E-state index contributed by atoms with van der Waals surface area (Å²) >= 11 is 0. The lowest BCUT2D eigenvalue weighted by Crippen LogP contribution is -2.46. The fourth-order valence-corrected chi connectivity index (χ4v) is 1.77. The lowest BCUT2D eigenvalue weighted by molar-refractivity contribution is 0.0566. The fraction of sp³-hybridized carbons (Fsp3) is 0.273. The minimum absolute atomic E-state index is 0.158. The highest BCUT2D eigenvalue weighted by molar-refractivity contribution is 6.21. The maximum Gasteiger partial charge on any atom is 0.262 e. The van der Waals surface area contributed by atoms with Crippen LogP contribution in [-0.2, 0) is 0 Å². The molecule has 5 heteroatoms. The Balaban J connectivity index is 2.35. The van der Waals surface area contributed by atoms with Crippen molar-refractivity contribution in [3.8, 4) is 0 Å². The number of benzene rings is 1. The van der Waals surface area contributed by atoms with E-state index in [1.807, 2.05) is 0 Å². The van der Waals surface area contributed by atoms with Crippen molar-refractivity contribution in [1.29, 1.82) is 0 Å². The highest BCUT2D eigenvalue weighted by atomic mass is 16.3. The van der Waals surface area contributed by atoms with E-state index >= 15 is 0 Å². The van der Waals surface area contributed by atoms with Crippen molar-refractivity contribution in [2.24, 2.45) is 5.73 Å². The predicted molar refractivity (Wildman–Crippen MR) is 56.6 cm³/mol. The Morgan fingerprint density at radius 1 is 1.19 bits per heavy atom. The second-order valence-electron chi connectivity index (χ2n) is 3.61. The number of rotatable bonds is 3. The van der Waals surface area contributed by atoms with Gasteiger partial charge in [-0.2, -0.15) is 0 Å². The molecule has 2 amide bonds. The molecule has 0 fully saturated rings. The summed E-state index contributed by atoms with van der Waals surface area (Å²) in [5, 5.41) is 8.76. The number of nitrogens with zero attached hydrogens (tertiary/aromatic N) is 1. The maximum absolute atomic E-state index is 11.9. The zero-order valence-corrected chi connectivity index (χ0v) is 8.59. The SMILES string of the molecule is NC(CCO)N1C(=O)c2ccccc2C1=O. The standard InChI is InChI=1S/C11H12N2O3/c12-9(5-6-14)13-10(15)7-3-1-2-4-8(7)11(13)16/h1-4,9,14H,5-6,12H2. The van der Waals surface area contributed by atoms with Gasteiger partial charge in [-0.15, -0.1) is 0 Å². The molecule has 84 valence electrons. The molecule has 1 unspecified atom stereocenters. The molecule has 0 bridgehead atoms. The second-order valence-corrected chi connectivity index (χ2v) is 3.61. The Morgan fingerprint density at radius 3 is 2.12 bits per heavy atom. The van der Waals surface area contributed by atoms with Crippen molar-refractivity contribution < 1.29 is 14.7 Å². The zero-order valence-electron chi connectivity index (χ0n) is 8.59. The number of hydrogen-bond acceptors (Lipinski definition) is 4. The first kappa shape index (κ1) is 10.8. The number of fused-ring (bicyclic) bond motifs is 1. The third-order valence-electron chi connectivity index (χ3n) is 2.58. The third kappa shape index (κ3) is 1.50. The van der Waals surface area contributed by atoms with Crippen LogP contribution in [0.3, 0.4) is 0 Å². The molecule has 1 heterocycles. The maximum atomic E-state index is 11.9. The van der Waals surface area contributed by atoms with Gasteiger partial charge in [-0.25, -0.2) is 0 Å². The highest BCUT2D eigenvalue weighted by Gasteiger charge is 2.38. The van der Waals surface area contributed by atoms with E-state index in [-0.39, 0.29) is 24.8 Å². The Labute approximate surface area is 92.5 Å². The van der Waals surface area contributed by atoms with Crippen LogP contribution in [0.2, 0.25) is 0 Å². The Hall–Kier alpha value is -1.72. The van der Waals surface area contributed by atoms with E-state index in [9.17, 15) is 9.59 Å². The molecule has 1 aromatic rings. The van der Waals surface area contributed by atoms with Crippen molar-refractivity contribution in [3.05, 3.63) is 35.4 Å². The number of hydrogen-bond donors (Lipinski definition) is 2. The highest BCUT2D eigenvalue weighted by Crippen LogP contribution is 2.23. The van der Waals surface area contributed by atoms with Gasteiger partial charge in [0.05, 0.1) is 17.3 Å². The summed E-state index contributed by atoms with van der Waals surface area (Å²) in [4.78, 5) is 24.7. The van der Waals surface area contributed by atoms with Gasteiger partial charge < -0.3 is 10.8 Å². The van der Waals surface area contributed by atoms with Crippen LogP contribution in [-0.4, -0.2) is 34.6 Å². The smallest absolute Gasteiger partial charge is 0.262 e. The molecule has 2 rings (SSSR count). The third-order valence-corrected chi connectivity index (χ3v) is 2.58. The molecule has 1 atom stereocenters. The summed E-state index contributed by atoms with van der Waals surface area (Å²) in [7, 11) is 0. The summed E-state index contributed by atoms with van der Waals surface area (Å²) in [6, 6.07) is 6.60. The van der Waals surface area contributed by atoms with Crippen molar-refractivity contribution in [1.82, 2.24) is 4.90 Å². The van der Waals surface area contributed by atoms with Gasteiger partial charge in [-0.1, -0.05) is 12.1 Å². The molecular formula is C11H12N2O3. The van der Waals surface area contributed by atoms with E-state index in [4.69, 9.17) is 10.8 Å². The molecule has 0 aliphatic carbocycles. The number of amides is 2. The predicted octanol–water partition coefficient (Wildman–Crippen LogP) is -0.0502. The average molecular weight is 220 g/mol. The first-order valence-electron chi connectivity index (χ1n) is 5.00. The second kappa shape index (κ2) is 4.03. The molecule has 5 nitrogen and oxygen atoms in total. The van der Waals surface area contributed by atoms with Gasteiger partial charge in [0.2, 0.25) is 0 Å². The van der Waals surface area contributed by atoms with Crippen LogP contribution in [0.4, 0.5) is 0 Å². The molecule has 1 aromatic carbocycles. The molecule has 0 spiro atoms. The number of carbonyl (C=O) groups excluding carboxylic acids is 2. The van der Waals surface area contributed by atoms with Gasteiger partial charge in [-0.05, 0) is 12.1 Å². The lowest BCUT2D eigenvalue weighted by atomic mass is 10.1. The topological polar surface area (TPSA) is 83.6 Å². The summed E-state index contributed by atoms with van der Waals surface area (Å²) < 4.78 is 0. The van der Waals surface area contributed by atoms with E-state index in [0.29, 0.717) is 11.1 Å². The lowest BCUT2D eigenvalue weighted by Gasteiger charge is -2.21. The monoisotopic (exact) mass is 220 g/mol. The van der Waals surface area contributed by atoms with Gasteiger partial charge in [-0.3, -0.25) is 14.5 Å². The fourth-order valence-electron chi connectivity index (χ4n) is 1.77. The molecule has 16 heavy (non-hydrogen) atoms. The summed E-state index contributed by atoms with van der Waals surface area (Å²) in [5.41, 5.74) is 6.43. The van der Waals surface area contributed by atoms with Gasteiger partial charge in [0.15, 0.2) is 0 Å². The van der Waals surface area contributed by atoms with Crippen molar-refractivity contribution >= 4 is 11.8 Å². The zero-order chi connectivity index (χ0) is 11.7. The largest absolute Gasteiger partial charge is 0.396 e. The van der Waals surface area contributed by atoms with Crippen LogP contribution in [0.1, 0.15) is 27.1 Å². The van der Waals surface area contributed by atoms with Crippen LogP contribution in [0.15, 0.2) is 24.3 Å². The van der Waals surface area contributed by atoms with Gasteiger partial charge in [0, 0.05) is 13.0 Å². The first-order chi connectivity index (χ1) is 7.66. The first-order valence-corrected chi connectivity index (χ1v) is 5.00.